The molecule has 0 spiro atoms. The molecule has 0 bridgehead atoms. The molecular formula is C16H19N5O6. The fraction of sp³-hybridized carbons (Fsp3) is 0.250. The number of carbonyl (C=O) groups is 1. The van der Waals surface area contributed by atoms with Crippen LogP contribution in [0.5, 0.6) is 11.5 Å². The fourth-order valence-corrected chi connectivity index (χ4v) is 2.31. The summed E-state index contributed by atoms with van der Waals surface area (Å²) in [6.07, 6.45) is 1.51. The first-order chi connectivity index (χ1) is 12.6. The highest BCUT2D eigenvalue weighted by atomic mass is 16.4. The standard InChI is InChI=1S/C9H11NO4.C7H8N4O2/c10-6(9(13)14)3-5-1-2-7(11)8(12)4-5;1-10-5-4(8-3-9-5)6(12)11(2)7(10)13/h1-2,4,6,11-12H,3,10H2,(H,13,14);3H,1-2H3,(H,8,9). The number of aromatic amines is 1. The van der Waals surface area contributed by atoms with Gasteiger partial charge >= 0.3 is 11.7 Å². The van der Waals surface area contributed by atoms with Gasteiger partial charge in [-0.3, -0.25) is 18.7 Å². The van der Waals surface area contributed by atoms with E-state index in [1.54, 1.807) is 7.05 Å². The molecule has 144 valence electrons. The van der Waals surface area contributed by atoms with Gasteiger partial charge in [0.1, 0.15) is 11.6 Å². The largest absolute Gasteiger partial charge is 0.504 e. The summed E-state index contributed by atoms with van der Waals surface area (Å²) in [5, 5.41) is 26.6. The molecule has 0 saturated heterocycles. The number of H-pyrrole nitrogens is 1. The average molecular weight is 377 g/mol. The predicted molar refractivity (Wildman–Crippen MR) is 95.7 cm³/mol. The van der Waals surface area contributed by atoms with E-state index in [1.165, 1.54) is 36.1 Å². The average Bonchev–Trinajstić information content (AvgIpc) is 3.11. The molecule has 1 atom stereocenters. The number of benzene rings is 1. The number of imidazole rings is 1. The molecule has 6 N–H and O–H groups in total. The Kier molecular flexibility index (Phi) is 5.66. The summed E-state index contributed by atoms with van der Waals surface area (Å²) in [5.74, 6) is -1.62. The van der Waals surface area contributed by atoms with Gasteiger partial charge in [-0.05, 0) is 24.1 Å². The minimum Gasteiger partial charge on any atom is -0.504 e. The topological polar surface area (TPSA) is 176 Å². The minimum absolute atomic E-state index is 0.114. The van der Waals surface area contributed by atoms with E-state index in [0.29, 0.717) is 16.7 Å². The van der Waals surface area contributed by atoms with E-state index in [2.05, 4.69) is 9.97 Å². The summed E-state index contributed by atoms with van der Waals surface area (Å²) in [4.78, 5) is 39.8. The minimum atomic E-state index is -1.10. The van der Waals surface area contributed by atoms with Gasteiger partial charge in [-0.2, -0.15) is 0 Å². The molecule has 0 saturated carbocycles. The van der Waals surface area contributed by atoms with E-state index in [1.807, 2.05) is 0 Å². The van der Waals surface area contributed by atoms with Crippen LogP contribution in [0.25, 0.3) is 11.2 Å². The van der Waals surface area contributed by atoms with Crippen LogP contribution in [-0.4, -0.2) is 46.4 Å². The van der Waals surface area contributed by atoms with Crippen LogP contribution in [0.1, 0.15) is 5.56 Å². The third-order valence-corrected chi connectivity index (χ3v) is 3.84. The molecule has 0 aliphatic rings. The van der Waals surface area contributed by atoms with Gasteiger partial charge in [0.25, 0.3) is 5.56 Å². The number of carboxylic acids is 1. The maximum Gasteiger partial charge on any atom is 0.332 e. The van der Waals surface area contributed by atoms with E-state index in [-0.39, 0.29) is 29.2 Å². The fourth-order valence-electron chi connectivity index (χ4n) is 2.31. The summed E-state index contributed by atoms with van der Waals surface area (Å²) >= 11 is 0. The smallest absolute Gasteiger partial charge is 0.332 e. The zero-order valence-corrected chi connectivity index (χ0v) is 14.6. The summed E-state index contributed by atoms with van der Waals surface area (Å²) in [7, 11) is 3.01. The van der Waals surface area contributed by atoms with E-state index in [9.17, 15) is 14.4 Å². The lowest BCUT2D eigenvalue weighted by Crippen LogP contribution is -2.36. The highest BCUT2D eigenvalue weighted by Gasteiger charge is 2.13. The monoisotopic (exact) mass is 377 g/mol. The van der Waals surface area contributed by atoms with Crippen molar-refractivity contribution in [2.75, 3.05) is 0 Å². The van der Waals surface area contributed by atoms with Crippen molar-refractivity contribution in [3.63, 3.8) is 0 Å². The van der Waals surface area contributed by atoms with Crippen molar-refractivity contribution in [1.29, 1.82) is 0 Å². The van der Waals surface area contributed by atoms with Crippen molar-refractivity contribution in [2.45, 2.75) is 12.5 Å². The Bertz CT molecular complexity index is 1100. The van der Waals surface area contributed by atoms with Gasteiger partial charge in [-0.25, -0.2) is 9.78 Å². The number of phenols is 2. The predicted octanol–water partition coefficient (Wildman–Crippen LogP) is -0.987. The first-order valence-electron chi connectivity index (χ1n) is 7.71. The number of hydrogen-bond donors (Lipinski definition) is 5. The Morgan fingerprint density at radius 1 is 1.22 bits per heavy atom. The van der Waals surface area contributed by atoms with Crippen LogP contribution in [0.15, 0.2) is 34.1 Å². The SMILES string of the molecule is Cn1c(=O)c2[nH]cnc2n(C)c1=O.NC(Cc1ccc(O)c(O)c1)C(=O)O. The van der Waals surface area contributed by atoms with E-state index >= 15 is 0 Å². The summed E-state index contributed by atoms with van der Waals surface area (Å²) < 4.78 is 2.37. The number of nitrogens with one attached hydrogen (secondary N) is 1. The van der Waals surface area contributed by atoms with Crippen molar-refractivity contribution in [2.24, 2.45) is 19.8 Å². The molecule has 27 heavy (non-hydrogen) atoms. The van der Waals surface area contributed by atoms with Crippen LogP contribution in [0.3, 0.4) is 0 Å². The summed E-state index contributed by atoms with van der Waals surface area (Å²) in [5.41, 5.74) is 5.87. The molecule has 0 amide bonds. The lowest BCUT2D eigenvalue weighted by molar-refractivity contribution is -0.138. The summed E-state index contributed by atoms with van der Waals surface area (Å²) in [6.45, 7) is 0. The zero-order chi connectivity index (χ0) is 20.3. The number of nitrogens with two attached hydrogens (primary N) is 1. The molecule has 0 aliphatic carbocycles. The van der Waals surface area contributed by atoms with Gasteiger partial charge in [-0.1, -0.05) is 6.07 Å². The molecule has 2 aromatic heterocycles. The Morgan fingerprint density at radius 2 is 1.89 bits per heavy atom. The van der Waals surface area contributed by atoms with Crippen LogP contribution in [0, 0.1) is 0 Å². The third kappa shape index (κ3) is 4.15. The molecule has 0 fully saturated rings. The lowest BCUT2D eigenvalue weighted by Gasteiger charge is -2.06. The normalized spacial score (nSPS) is 11.7. The van der Waals surface area contributed by atoms with Gasteiger partial charge in [0.05, 0.1) is 6.33 Å². The van der Waals surface area contributed by atoms with Gasteiger partial charge in [0, 0.05) is 14.1 Å². The van der Waals surface area contributed by atoms with E-state index in [4.69, 9.17) is 21.1 Å². The molecular weight excluding hydrogens is 358 g/mol. The Balaban J connectivity index is 0.000000194. The zero-order valence-electron chi connectivity index (χ0n) is 14.6. The number of nitrogens with zero attached hydrogens (tertiary/aromatic N) is 3. The van der Waals surface area contributed by atoms with Gasteiger partial charge in [-0.15, -0.1) is 0 Å². The van der Waals surface area contributed by atoms with Crippen LogP contribution in [0.2, 0.25) is 0 Å². The second kappa shape index (κ2) is 7.74. The van der Waals surface area contributed by atoms with E-state index in [0.717, 1.165) is 4.57 Å². The molecule has 11 heteroatoms. The van der Waals surface area contributed by atoms with Crippen LogP contribution in [0.4, 0.5) is 0 Å². The Morgan fingerprint density at radius 3 is 2.48 bits per heavy atom. The van der Waals surface area contributed by atoms with Crippen LogP contribution >= 0.6 is 0 Å². The molecule has 0 radical (unpaired) electrons. The number of aromatic nitrogens is 4. The number of carboxylic acid groups (broad SMARTS) is 1. The maximum absolute atomic E-state index is 11.4. The van der Waals surface area contributed by atoms with Crippen molar-refractivity contribution < 1.29 is 20.1 Å². The number of fused-ring (bicyclic) bond motifs is 1. The maximum atomic E-state index is 11.4. The van der Waals surface area contributed by atoms with E-state index < -0.39 is 12.0 Å². The van der Waals surface area contributed by atoms with Gasteiger partial charge in [0.15, 0.2) is 17.1 Å². The number of hydrogen-bond acceptors (Lipinski definition) is 7. The highest BCUT2D eigenvalue weighted by Crippen LogP contribution is 2.25. The van der Waals surface area contributed by atoms with Crippen molar-refractivity contribution in [3.8, 4) is 11.5 Å². The number of aliphatic carboxylic acids is 1. The first kappa shape index (κ1) is 19.7. The second-order valence-corrected chi connectivity index (χ2v) is 5.78. The quantitative estimate of drug-likeness (QED) is 0.361. The van der Waals surface area contributed by atoms with Crippen LogP contribution in [-0.2, 0) is 25.3 Å². The highest BCUT2D eigenvalue weighted by molar-refractivity contribution is 5.73. The molecule has 2 heterocycles. The molecule has 3 aromatic rings. The second-order valence-electron chi connectivity index (χ2n) is 5.78. The first-order valence-corrected chi connectivity index (χ1v) is 7.71. The molecule has 3 rings (SSSR count). The Hall–Kier alpha value is -3.60. The van der Waals surface area contributed by atoms with Crippen molar-refractivity contribution in [3.05, 3.63) is 50.9 Å². The number of aryl methyl sites for hydroxylation is 1. The Labute approximate surface area is 151 Å². The third-order valence-electron chi connectivity index (χ3n) is 3.84. The van der Waals surface area contributed by atoms with Crippen molar-refractivity contribution in [1.82, 2.24) is 19.1 Å². The molecule has 11 nitrogen and oxygen atoms in total. The molecule has 0 aliphatic heterocycles. The number of phenolic OH excluding ortho intramolecular Hbond substituents is 2. The van der Waals surface area contributed by atoms with Crippen molar-refractivity contribution >= 4 is 17.1 Å². The summed E-state index contributed by atoms with van der Waals surface area (Å²) in [6, 6.07) is 3.09. The molecule has 1 unspecified atom stereocenters. The number of rotatable bonds is 3. The molecule has 1 aromatic carbocycles. The van der Waals surface area contributed by atoms with Gasteiger partial charge in [0.2, 0.25) is 0 Å². The number of aromatic hydroxyl groups is 2. The lowest BCUT2D eigenvalue weighted by atomic mass is 10.1. The van der Waals surface area contributed by atoms with Crippen LogP contribution < -0.4 is 17.0 Å². The van der Waals surface area contributed by atoms with Gasteiger partial charge < -0.3 is 26.0 Å².